The average Bonchev–Trinajstić information content (AvgIpc) is 2.17. The summed E-state index contributed by atoms with van der Waals surface area (Å²) >= 11 is 0. The predicted octanol–water partition coefficient (Wildman–Crippen LogP) is 0.740. The first-order chi connectivity index (χ1) is 6.63. The molecule has 0 saturated carbocycles. The zero-order chi connectivity index (χ0) is 10.6. The Balaban J connectivity index is 2.68. The molecule has 0 saturated heterocycles. The van der Waals surface area contributed by atoms with Crippen LogP contribution in [0.1, 0.15) is 17.2 Å². The van der Waals surface area contributed by atoms with Crippen LogP contribution in [0.25, 0.3) is 0 Å². The number of aliphatic hydroxyl groups excluding tert-OH is 1. The molecule has 1 rings (SSSR count). The number of hydrogen-bond donors (Lipinski definition) is 2. The van der Waals surface area contributed by atoms with Crippen LogP contribution in [-0.2, 0) is 6.54 Å². The quantitative estimate of drug-likeness (QED) is 0.743. The summed E-state index contributed by atoms with van der Waals surface area (Å²) < 4.78 is 0. The van der Waals surface area contributed by atoms with Crippen molar-refractivity contribution in [3.8, 4) is 0 Å². The first-order valence-electron chi connectivity index (χ1n) is 4.73. The van der Waals surface area contributed by atoms with Crippen LogP contribution in [0.3, 0.4) is 0 Å². The first-order valence-corrected chi connectivity index (χ1v) is 4.73. The maximum Gasteiger partial charge on any atom is 0.0624 e. The average molecular weight is 194 g/mol. The van der Waals surface area contributed by atoms with Gasteiger partial charge in [0, 0.05) is 6.54 Å². The van der Waals surface area contributed by atoms with Crippen molar-refractivity contribution in [2.24, 2.45) is 5.73 Å². The lowest BCUT2D eigenvalue weighted by atomic mass is 10.1. The van der Waals surface area contributed by atoms with Crippen molar-refractivity contribution in [1.29, 1.82) is 0 Å². The van der Waals surface area contributed by atoms with E-state index in [2.05, 4.69) is 4.90 Å². The molecule has 0 radical (unpaired) electrons. The minimum atomic E-state index is -0.261. The lowest BCUT2D eigenvalue weighted by molar-refractivity contribution is 0.268. The lowest BCUT2D eigenvalue weighted by Gasteiger charge is -2.12. The van der Waals surface area contributed by atoms with Crippen molar-refractivity contribution in [2.45, 2.75) is 12.6 Å². The SMILES string of the molecule is CN(C)Cc1ccc(C(N)CO)cc1. The van der Waals surface area contributed by atoms with E-state index in [0.717, 1.165) is 12.1 Å². The van der Waals surface area contributed by atoms with Crippen molar-refractivity contribution in [3.63, 3.8) is 0 Å². The van der Waals surface area contributed by atoms with Crippen LogP contribution in [0, 0.1) is 0 Å². The van der Waals surface area contributed by atoms with E-state index in [4.69, 9.17) is 10.8 Å². The van der Waals surface area contributed by atoms with Crippen molar-refractivity contribution >= 4 is 0 Å². The molecule has 0 amide bonds. The minimum Gasteiger partial charge on any atom is -0.394 e. The standard InChI is InChI=1S/C11H18N2O/c1-13(2)7-9-3-5-10(6-4-9)11(12)8-14/h3-6,11,14H,7-8,12H2,1-2H3. The van der Waals surface area contributed by atoms with Gasteiger partial charge in [-0.25, -0.2) is 0 Å². The van der Waals surface area contributed by atoms with Crippen molar-refractivity contribution in [1.82, 2.24) is 4.90 Å². The maximum absolute atomic E-state index is 8.87. The molecule has 0 heterocycles. The van der Waals surface area contributed by atoms with Gasteiger partial charge in [-0.05, 0) is 25.2 Å². The monoisotopic (exact) mass is 194 g/mol. The van der Waals surface area contributed by atoms with Crippen molar-refractivity contribution in [3.05, 3.63) is 35.4 Å². The van der Waals surface area contributed by atoms with Gasteiger partial charge in [-0.3, -0.25) is 0 Å². The summed E-state index contributed by atoms with van der Waals surface area (Å²) in [5.41, 5.74) is 7.92. The van der Waals surface area contributed by atoms with Gasteiger partial charge in [-0.2, -0.15) is 0 Å². The Morgan fingerprint density at radius 1 is 1.29 bits per heavy atom. The highest BCUT2D eigenvalue weighted by Crippen LogP contribution is 2.11. The Kier molecular flexibility index (Phi) is 4.07. The highest BCUT2D eigenvalue weighted by molar-refractivity contribution is 5.24. The lowest BCUT2D eigenvalue weighted by Crippen LogP contribution is -2.15. The van der Waals surface area contributed by atoms with Crippen LogP contribution in [-0.4, -0.2) is 30.7 Å². The Hall–Kier alpha value is -0.900. The fourth-order valence-corrected chi connectivity index (χ4v) is 1.34. The third-order valence-corrected chi connectivity index (χ3v) is 2.10. The van der Waals surface area contributed by atoms with Gasteiger partial charge in [0.1, 0.15) is 0 Å². The summed E-state index contributed by atoms with van der Waals surface area (Å²) in [5, 5.41) is 8.87. The smallest absolute Gasteiger partial charge is 0.0624 e. The Morgan fingerprint density at radius 3 is 2.29 bits per heavy atom. The van der Waals surface area contributed by atoms with E-state index in [9.17, 15) is 0 Å². The zero-order valence-electron chi connectivity index (χ0n) is 8.77. The van der Waals surface area contributed by atoms with Gasteiger partial charge < -0.3 is 15.7 Å². The highest BCUT2D eigenvalue weighted by atomic mass is 16.3. The van der Waals surface area contributed by atoms with Gasteiger partial charge >= 0.3 is 0 Å². The van der Waals surface area contributed by atoms with Gasteiger partial charge in [-0.1, -0.05) is 24.3 Å². The third kappa shape index (κ3) is 3.10. The molecule has 1 atom stereocenters. The number of rotatable bonds is 4. The normalized spacial score (nSPS) is 13.2. The molecule has 0 aliphatic rings. The number of nitrogens with two attached hydrogens (primary N) is 1. The number of nitrogens with zero attached hydrogens (tertiary/aromatic N) is 1. The molecule has 0 fully saturated rings. The zero-order valence-corrected chi connectivity index (χ0v) is 8.77. The molecule has 1 aromatic rings. The molecule has 3 nitrogen and oxygen atoms in total. The first kappa shape index (κ1) is 11.2. The molecule has 1 unspecified atom stereocenters. The van der Waals surface area contributed by atoms with E-state index in [0.29, 0.717) is 0 Å². The largest absolute Gasteiger partial charge is 0.394 e. The maximum atomic E-state index is 8.87. The van der Waals surface area contributed by atoms with E-state index in [1.165, 1.54) is 5.56 Å². The summed E-state index contributed by atoms with van der Waals surface area (Å²) in [4.78, 5) is 2.11. The molecule has 0 bridgehead atoms. The summed E-state index contributed by atoms with van der Waals surface area (Å²) in [6, 6.07) is 7.78. The minimum absolute atomic E-state index is 0.00692. The van der Waals surface area contributed by atoms with E-state index < -0.39 is 0 Å². The molecule has 3 heteroatoms. The third-order valence-electron chi connectivity index (χ3n) is 2.10. The van der Waals surface area contributed by atoms with Crippen molar-refractivity contribution in [2.75, 3.05) is 20.7 Å². The number of hydrogen-bond acceptors (Lipinski definition) is 3. The van der Waals surface area contributed by atoms with E-state index in [-0.39, 0.29) is 12.6 Å². The molecule has 0 aromatic heterocycles. The predicted molar refractivity (Wildman–Crippen MR) is 57.8 cm³/mol. The Morgan fingerprint density at radius 2 is 1.86 bits per heavy atom. The topological polar surface area (TPSA) is 49.5 Å². The molecule has 3 N–H and O–H groups in total. The number of benzene rings is 1. The van der Waals surface area contributed by atoms with Crippen LogP contribution in [0.4, 0.5) is 0 Å². The Bertz CT molecular complexity index is 269. The van der Waals surface area contributed by atoms with Gasteiger partial charge in [-0.15, -0.1) is 0 Å². The van der Waals surface area contributed by atoms with E-state index >= 15 is 0 Å². The summed E-state index contributed by atoms with van der Waals surface area (Å²) in [6.07, 6.45) is 0. The molecule has 0 aliphatic heterocycles. The molecule has 1 aromatic carbocycles. The second-order valence-corrected chi connectivity index (χ2v) is 3.77. The molecular formula is C11H18N2O. The summed E-state index contributed by atoms with van der Waals surface area (Å²) in [7, 11) is 4.07. The molecular weight excluding hydrogens is 176 g/mol. The fourth-order valence-electron chi connectivity index (χ4n) is 1.34. The second-order valence-electron chi connectivity index (χ2n) is 3.77. The molecule has 14 heavy (non-hydrogen) atoms. The van der Waals surface area contributed by atoms with E-state index in [1.54, 1.807) is 0 Å². The molecule has 78 valence electrons. The van der Waals surface area contributed by atoms with Crippen LogP contribution in [0.2, 0.25) is 0 Å². The summed E-state index contributed by atoms with van der Waals surface area (Å²) in [5.74, 6) is 0. The highest BCUT2D eigenvalue weighted by Gasteiger charge is 2.03. The number of aliphatic hydroxyl groups is 1. The van der Waals surface area contributed by atoms with Gasteiger partial charge in [0.25, 0.3) is 0 Å². The van der Waals surface area contributed by atoms with Crippen LogP contribution < -0.4 is 5.73 Å². The summed E-state index contributed by atoms with van der Waals surface area (Å²) in [6.45, 7) is 0.918. The second kappa shape index (κ2) is 5.10. The Labute approximate surface area is 85.2 Å². The van der Waals surface area contributed by atoms with Crippen LogP contribution >= 0.6 is 0 Å². The van der Waals surface area contributed by atoms with Gasteiger partial charge in [0.15, 0.2) is 0 Å². The fraction of sp³-hybridized carbons (Fsp3) is 0.455. The van der Waals surface area contributed by atoms with Gasteiger partial charge in [0.2, 0.25) is 0 Å². The molecule has 0 aliphatic carbocycles. The van der Waals surface area contributed by atoms with Gasteiger partial charge in [0.05, 0.1) is 12.6 Å². The van der Waals surface area contributed by atoms with Crippen LogP contribution in [0.5, 0.6) is 0 Å². The molecule has 0 spiro atoms. The van der Waals surface area contributed by atoms with Crippen molar-refractivity contribution < 1.29 is 5.11 Å². The van der Waals surface area contributed by atoms with E-state index in [1.807, 2.05) is 38.4 Å². The van der Waals surface area contributed by atoms with Crippen LogP contribution in [0.15, 0.2) is 24.3 Å².